The van der Waals surface area contributed by atoms with Crippen molar-refractivity contribution in [3.63, 3.8) is 0 Å². The standard InChI is InChI=1S/C16H12N2O3/c19-11-6-7-14(20)12(9-11)16(21)18-13-5-1-3-10-4-2-8-17-15(10)13/h1-9,19-20H,(H,18,21). The molecule has 3 aromatic rings. The van der Waals surface area contributed by atoms with Gasteiger partial charge in [0, 0.05) is 11.6 Å². The Morgan fingerprint density at radius 2 is 1.86 bits per heavy atom. The normalized spacial score (nSPS) is 10.5. The SMILES string of the molecule is O=C(Nc1cccc2cccnc12)c1cc(O)ccc1O. The molecule has 3 rings (SSSR count). The number of benzene rings is 2. The molecule has 21 heavy (non-hydrogen) atoms. The van der Waals surface area contributed by atoms with E-state index in [1.54, 1.807) is 12.3 Å². The summed E-state index contributed by atoms with van der Waals surface area (Å²) in [6.07, 6.45) is 1.64. The molecule has 0 aliphatic rings. The smallest absolute Gasteiger partial charge is 0.259 e. The second-order valence-electron chi connectivity index (χ2n) is 4.54. The van der Waals surface area contributed by atoms with Crippen molar-refractivity contribution in [2.45, 2.75) is 0 Å². The van der Waals surface area contributed by atoms with Gasteiger partial charge in [-0.3, -0.25) is 9.78 Å². The largest absolute Gasteiger partial charge is 0.508 e. The Bertz CT molecular complexity index is 825. The van der Waals surface area contributed by atoms with Crippen molar-refractivity contribution >= 4 is 22.5 Å². The van der Waals surface area contributed by atoms with Crippen LogP contribution in [-0.2, 0) is 0 Å². The predicted molar refractivity (Wildman–Crippen MR) is 79.5 cm³/mol. The number of rotatable bonds is 2. The molecular weight excluding hydrogens is 268 g/mol. The fourth-order valence-corrected chi connectivity index (χ4v) is 2.10. The maximum atomic E-state index is 12.2. The van der Waals surface area contributed by atoms with Crippen molar-refractivity contribution in [1.29, 1.82) is 0 Å². The number of hydrogen-bond donors (Lipinski definition) is 3. The summed E-state index contributed by atoms with van der Waals surface area (Å²) >= 11 is 0. The van der Waals surface area contributed by atoms with E-state index in [2.05, 4.69) is 10.3 Å². The average molecular weight is 280 g/mol. The Labute approximate surface area is 120 Å². The molecule has 0 aliphatic carbocycles. The summed E-state index contributed by atoms with van der Waals surface area (Å²) in [5.41, 5.74) is 1.21. The van der Waals surface area contributed by atoms with E-state index in [1.165, 1.54) is 18.2 Å². The highest BCUT2D eigenvalue weighted by atomic mass is 16.3. The van der Waals surface area contributed by atoms with Crippen LogP contribution >= 0.6 is 0 Å². The Morgan fingerprint density at radius 1 is 1.05 bits per heavy atom. The molecule has 1 amide bonds. The van der Waals surface area contributed by atoms with Crippen LogP contribution in [0.3, 0.4) is 0 Å². The molecule has 0 atom stereocenters. The first-order chi connectivity index (χ1) is 10.1. The second kappa shape index (κ2) is 5.13. The van der Waals surface area contributed by atoms with Gasteiger partial charge in [-0.1, -0.05) is 18.2 Å². The zero-order valence-electron chi connectivity index (χ0n) is 10.9. The molecule has 0 saturated heterocycles. The van der Waals surface area contributed by atoms with Gasteiger partial charge in [0.05, 0.1) is 16.8 Å². The van der Waals surface area contributed by atoms with Crippen LogP contribution in [0, 0.1) is 0 Å². The molecule has 0 aliphatic heterocycles. The number of nitrogens with one attached hydrogen (secondary N) is 1. The highest BCUT2D eigenvalue weighted by Gasteiger charge is 2.13. The number of aromatic nitrogens is 1. The molecule has 1 heterocycles. The van der Waals surface area contributed by atoms with Crippen molar-refractivity contribution < 1.29 is 15.0 Å². The summed E-state index contributed by atoms with van der Waals surface area (Å²) in [6.45, 7) is 0. The van der Waals surface area contributed by atoms with E-state index < -0.39 is 5.91 Å². The molecule has 0 unspecified atom stereocenters. The van der Waals surface area contributed by atoms with Crippen LogP contribution in [0.1, 0.15) is 10.4 Å². The van der Waals surface area contributed by atoms with Crippen LogP contribution in [0.15, 0.2) is 54.7 Å². The third kappa shape index (κ3) is 2.49. The van der Waals surface area contributed by atoms with Crippen LogP contribution in [-0.4, -0.2) is 21.1 Å². The summed E-state index contributed by atoms with van der Waals surface area (Å²) in [6, 6.07) is 12.9. The average Bonchev–Trinajstić information content (AvgIpc) is 2.50. The molecule has 2 aromatic carbocycles. The number of amides is 1. The monoisotopic (exact) mass is 280 g/mol. The molecule has 0 fully saturated rings. The van der Waals surface area contributed by atoms with E-state index >= 15 is 0 Å². The number of para-hydroxylation sites is 1. The minimum absolute atomic E-state index is 0.00272. The minimum Gasteiger partial charge on any atom is -0.508 e. The topological polar surface area (TPSA) is 82.5 Å². The lowest BCUT2D eigenvalue weighted by Crippen LogP contribution is -2.12. The molecule has 3 N–H and O–H groups in total. The number of phenols is 2. The van der Waals surface area contributed by atoms with Crippen molar-refractivity contribution in [3.05, 3.63) is 60.3 Å². The highest BCUT2D eigenvalue weighted by Crippen LogP contribution is 2.25. The Kier molecular flexibility index (Phi) is 3.16. The number of carbonyl (C=O) groups is 1. The number of anilines is 1. The lowest BCUT2D eigenvalue weighted by molar-refractivity contribution is 0.102. The molecule has 0 spiro atoms. The zero-order valence-corrected chi connectivity index (χ0v) is 10.9. The van der Waals surface area contributed by atoms with Gasteiger partial charge in [-0.2, -0.15) is 0 Å². The lowest BCUT2D eigenvalue weighted by Gasteiger charge is -2.09. The number of nitrogens with zero attached hydrogens (tertiary/aromatic N) is 1. The summed E-state index contributed by atoms with van der Waals surface area (Å²) < 4.78 is 0. The molecule has 0 radical (unpaired) electrons. The van der Waals surface area contributed by atoms with Crippen LogP contribution in [0.25, 0.3) is 10.9 Å². The van der Waals surface area contributed by atoms with Crippen molar-refractivity contribution in [1.82, 2.24) is 4.98 Å². The van der Waals surface area contributed by atoms with E-state index in [-0.39, 0.29) is 17.1 Å². The van der Waals surface area contributed by atoms with Crippen LogP contribution in [0.4, 0.5) is 5.69 Å². The van der Waals surface area contributed by atoms with Crippen molar-refractivity contribution in [2.75, 3.05) is 5.32 Å². The maximum absolute atomic E-state index is 12.2. The van der Waals surface area contributed by atoms with Gasteiger partial charge in [0.2, 0.25) is 0 Å². The van der Waals surface area contributed by atoms with E-state index in [9.17, 15) is 15.0 Å². The van der Waals surface area contributed by atoms with E-state index in [1.807, 2.05) is 24.3 Å². The van der Waals surface area contributed by atoms with E-state index in [0.29, 0.717) is 11.2 Å². The minimum atomic E-state index is -0.512. The molecule has 0 saturated carbocycles. The predicted octanol–water partition coefficient (Wildman–Crippen LogP) is 2.90. The van der Waals surface area contributed by atoms with Gasteiger partial charge in [0.25, 0.3) is 5.91 Å². The van der Waals surface area contributed by atoms with E-state index in [0.717, 1.165) is 5.39 Å². The fourth-order valence-electron chi connectivity index (χ4n) is 2.10. The van der Waals surface area contributed by atoms with Gasteiger partial charge in [-0.05, 0) is 30.3 Å². The number of phenolic OH excluding ortho intramolecular Hbond substituents is 2. The number of hydrogen-bond acceptors (Lipinski definition) is 4. The highest BCUT2D eigenvalue weighted by molar-refractivity contribution is 6.09. The number of carbonyl (C=O) groups excluding carboxylic acids is 1. The van der Waals surface area contributed by atoms with Gasteiger partial charge in [-0.25, -0.2) is 0 Å². The quantitative estimate of drug-likeness (QED) is 0.630. The second-order valence-corrected chi connectivity index (χ2v) is 4.54. The maximum Gasteiger partial charge on any atom is 0.259 e. The summed E-state index contributed by atoms with van der Waals surface area (Å²) in [5, 5.41) is 22.7. The van der Waals surface area contributed by atoms with Crippen molar-refractivity contribution in [2.24, 2.45) is 0 Å². The third-order valence-corrected chi connectivity index (χ3v) is 3.11. The molecule has 1 aromatic heterocycles. The first-order valence-corrected chi connectivity index (χ1v) is 6.32. The van der Waals surface area contributed by atoms with Gasteiger partial charge in [-0.15, -0.1) is 0 Å². The number of fused-ring (bicyclic) bond motifs is 1. The van der Waals surface area contributed by atoms with Crippen molar-refractivity contribution in [3.8, 4) is 11.5 Å². The number of aromatic hydroxyl groups is 2. The van der Waals surface area contributed by atoms with Gasteiger partial charge in [0.15, 0.2) is 0 Å². The molecule has 5 heteroatoms. The molecule has 104 valence electrons. The third-order valence-electron chi connectivity index (χ3n) is 3.11. The lowest BCUT2D eigenvalue weighted by atomic mass is 10.1. The molecule has 5 nitrogen and oxygen atoms in total. The summed E-state index contributed by atoms with van der Waals surface area (Å²) in [5.74, 6) is -0.797. The fraction of sp³-hybridized carbons (Fsp3) is 0. The van der Waals surface area contributed by atoms with Crippen LogP contribution in [0.5, 0.6) is 11.5 Å². The van der Waals surface area contributed by atoms with Gasteiger partial charge >= 0.3 is 0 Å². The van der Waals surface area contributed by atoms with E-state index in [4.69, 9.17) is 0 Å². The van der Waals surface area contributed by atoms with Gasteiger partial charge < -0.3 is 15.5 Å². The van der Waals surface area contributed by atoms with Crippen LogP contribution in [0.2, 0.25) is 0 Å². The Hall–Kier alpha value is -3.08. The van der Waals surface area contributed by atoms with Gasteiger partial charge in [0.1, 0.15) is 11.5 Å². The zero-order chi connectivity index (χ0) is 14.8. The summed E-state index contributed by atoms with van der Waals surface area (Å²) in [4.78, 5) is 16.5. The van der Waals surface area contributed by atoms with Crippen LogP contribution < -0.4 is 5.32 Å². The number of pyridine rings is 1. The summed E-state index contributed by atoms with van der Waals surface area (Å²) in [7, 11) is 0. The first-order valence-electron chi connectivity index (χ1n) is 6.32. The molecular formula is C16H12N2O3. The Morgan fingerprint density at radius 3 is 2.71 bits per heavy atom. The molecule has 0 bridgehead atoms. The Balaban J connectivity index is 1.99. The first kappa shape index (κ1) is 12.9.